The minimum atomic E-state index is -1.15. The largest absolute Gasteiger partial charge is 0.478 e. The number of benzene rings is 2. The van der Waals surface area contributed by atoms with Crippen molar-refractivity contribution in [3.63, 3.8) is 0 Å². The Balaban J connectivity index is 2.07. The Labute approximate surface area is 185 Å². The number of anilines is 3. The number of aliphatic hydroxyl groups excluding tert-OH is 1. The van der Waals surface area contributed by atoms with Crippen LogP contribution >= 0.6 is 0 Å². The summed E-state index contributed by atoms with van der Waals surface area (Å²) in [4.78, 5) is 38.3. The third-order valence-electron chi connectivity index (χ3n) is 5.00. The zero-order chi connectivity index (χ0) is 23.4. The van der Waals surface area contributed by atoms with Crippen LogP contribution < -0.4 is 10.6 Å². The average molecular weight is 439 g/mol. The summed E-state index contributed by atoms with van der Waals surface area (Å²) in [5.74, 6) is -2.32. The van der Waals surface area contributed by atoms with Crippen molar-refractivity contribution in [2.24, 2.45) is 0 Å². The van der Waals surface area contributed by atoms with Crippen LogP contribution in [0.15, 0.2) is 47.7 Å². The molecule has 0 aliphatic carbocycles. The Hall–Kier alpha value is -3.85. The maximum atomic E-state index is 12.9. The molecule has 168 valence electrons. The van der Waals surface area contributed by atoms with Gasteiger partial charge in [-0.15, -0.1) is 0 Å². The van der Waals surface area contributed by atoms with Gasteiger partial charge < -0.3 is 30.5 Å². The molecule has 2 aromatic carbocycles. The third kappa shape index (κ3) is 4.73. The SMILES string of the molecule is COC(=O)C1=C(Nc2cccc(C(=O)O)c2Nc2cc(C)cc(C)c2)C(=O)N(CCO)C1. The highest BCUT2D eigenvalue weighted by Gasteiger charge is 2.35. The molecule has 2 aromatic rings. The summed E-state index contributed by atoms with van der Waals surface area (Å²) >= 11 is 0. The first-order chi connectivity index (χ1) is 15.2. The van der Waals surface area contributed by atoms with E-state index < -0.39 is 17.8 Å². The monoisotopic (exact) mass is 439 g/mol. The fourth-order valence-corrected chi connectivity index (χ4v) is 3.64. The van der Waals surface area contributed by atoms with Crippen molar-refractivity contribution >= 4 is 34.9 Å². The second-order valence-electron chi connectivity index (χ2n) is 7.46. The topological polar surface area (TPSA) is 128 Å². The standard InChI is InChI=1S/C23H25N3O6/c1-13-9-14(2)11-15(10-13)24-19-16(22(29)30)5-4-6-18(19)25-20-17(23(31)32-3)12-26(7-8-27)21(20)28/h4-6,9-11,24-25,27H,7-8,12H2,1-3H3,(H,29,30). The summed E-state index contributed by atoms with van der Waals surface area (Å²) in [6, 6.07) is 10.3. The van der Waals surface area contributed by atoms with Crippen LogP contribution in [0.25, 0.3) is 0 Å². The van der Waals surface area contributed by atoms with Crippen LogP contribution in [0.3, 0.4) is 0 Å². The number of nitrogens with zero attached hydrogens (tertiary/aromatic N) is 1. The number of methoxy groups -OCH3 is 1. The van der Waals surface area contributed by atoms with E-state index in [4.69, 9.17) is 4.74 Å². The van der Waals surface area contributed by atoms with Gasteiger partial charge in [0.1, 0.15) is 5.70 Å². The number of aryl methyl sites for hydroxylation is 2. The summed E-state index contributed by atoms with van der Waals surface area (Å²) in [6.45, 7) is 3.63. The number of carboxylic acid groups (broad SMARTS) is 1. The molecule has 4 N–H and O–H groups in total. The van der Waals surface area contributed by atoms with Crippen LogP contribution in [0.2, 0.25) is 0 Å². The van der Waals surface area contributed by atoms with Crippen molar-refractivity contribution in [1.82, 2.24) is 4.90 Å². The lowest BCUT2D eigenvalue weighted by molar-refractivity contribution is -0.136. The van der Waals surface area contributed by atoms with Gasteiger partial charge >= 0.3 is 11.9 Å². The summed E-state index contributed by atoms with van der Waals surface area (Å²) in [5, 5.41) is 25.0. The molecule has 9 nitrogen and oxygen atoms in total. The molecule has 1 aliphatic heterocycles. The first-order valence-corrected chi connectivity index (χ1v) is 9.95. The van der Waals surface area contributed by atoms with Gasteiger partial charge in [0.25, 0.3) is 5.91 Å². The molecular weight excluding hydrogens is 414 g/mol. The van der Waals surface area contributed by atoms with Gasteiger partial charge in [-0.1, -0.05) is 12.1 Å². The van der Waals surface area contributed by atoms with E-state index in [2.05, 4.69) is 10.6 Å². The van der Waals surface area contributed by atoms with Gasteiger partial charge in [0.05, 0.1) is 42.8 Å². The van der Waals surface area contributed by atoms with E-state index in [1.807, 2.05) is 32.0 Å². The molecule has 0 radical (unpaired) electrons. The molecule has 0 saturated carbocycles. The van der Waals surface area contributed by atoms with E-state index in [1.165, 1.54) is 18.1 Å². The summed E-state index contributed by atoms with van der Waals surface area (Å²) in [6.07, 6.45) is 0. The van der Waals surface area contributed by atoms with Crippen molar-refractivity contribution < 1.29 is 29.3 Å². The van der Waals surface area contributed by atoms with E-state index in [0.29, 0.717) is 11.4 Å². The number of ether oxygens (including phenoxy) is 1. The number of hydrogen-bond acceptors (Lipinski definition) is 7. The average Bonchev–Trinajstić information content (AvgIpc) is 3.03. The lowest BCUT2D eigenvalue weighted by Crippen LogP contribution is -2.31. The smallest absolute Gasteiger partial charge is 0.337 e. The van der Waals surface area contributed by atoms with Gasteiger partial charge in [0.15, 0.2) is 0 Å². The lowest BCUT2D eigenvalue weighted by atomic mass is 10.1. The van der Waals surface area contributed by atoms with Gasteiger partial charge in [-0.2, -0.15) is 0 Å². The molecule has 0 saturated heterocycles. The number of nitrogens with one attached hydrogen (secondary N) is 2. The van der Waals surface area contributed by atoms with Crippen molar-refractivity contribution in [3.8, 4) is 0 Å². The van der Waals surface area contributed by atoms with Crippen LogP contribution in [0.4, 0.5) is 17.1 Å². The van der Waals surface area contributed by atoms with Crippen LogP contribution in [-0.2, 0) is 14.3 Å². The fraction of sp³-hybridized carbons (Fsp3) is 0.261. The number of aliphatic hydroxyl groups is 1. The second-order valence-corrected chi connectivity index (χ2v) is 7.46. The first kappa shape index (κ1) is 22.8. The zero-order valence-corrected chi connectivity index (χ0v) is 18.1. The Bertz CT molecular complexity index is 1090. The number of amides is 1. The van der Waals surface area contributed by atoms with Gasteiger partial charge in [-0.3, -0.25) is 4.79 Å². The molecule has 0 bridgehead atoms. The number of aromatic carboxylic acids is 1. The highest BCUT2D eigenvalue weighted by molar-refractivity contribution is 6.09. The minimum absolute atomic E-state index is 0.00737. The molecule has 3 rings (SSSR count). The molecule has 0 aromatic heterocycles. The minimum Gasteiger partial charge on any atom is -0.478 e. The second kappa shape index (κ2) is 9.52. The van der Waals surface area contributed by atoms with Gasteiger partial charge in [-0.25, -0.2) is 9.59 Å². The summed E-state index contributed by atoms with van der Waals surface area (Å²) < 4.78 is 4.80. The van der Waals surface area contributed by atoms with Gasteiger partial charge in [-0.05, 0) is 49.2 Å². The van der Waals surface area contributed by atoms with Crippen LogP contribution in [0.5, 0.6) is 0 Å². The summed E-state index contributed by atoms with van der Waals surface area (Å²) in [7, 11) is 1.21. The van der Waals surface area contributed by atoms with Crippen molar-refractivity contribution in [2.45, 2.75) is 13.8 Å². The Kier molecular flexibility index (Phi) is 6.79. The fourth-order valence-electron chi connectivity index (χ4n) is 3.64. The van der Waals surface area contributed by atoms with Crippen LogP contribution in [0.1, 0.15) is 21.5 Å². The number of carboxylic acids is 1. The van der Waals surface area contributed by atoms with E-state index in [1.54, 1.807) is 12.1 Å². The Morgan fingerprint density at radius 1 is 1.12 bits per heavy atom. The molecule has 0 spiro atoms. The van der Waals surface area contributed by atoms with Crippen molar-refractivity contribution in [2.75, 3.05) is 37.4 Å². The third-order valence-corrected chi connectivity index (χ3v) is 5.00. The first-order valence-electron chi connectivity index (χ1n) is 9.95. The quantitative estimate of drug-likeness (QED) is 0.462. The zero-order valence-electron chi connectivity index (χ0n) is 18.1. The van der Waals surface area contributed by atoms with Crippen LogP contribution in [0, 0.1) is 13.8 Å². The Morgan fingerprint density at radius 3 is 2.41 bits per heavy atom. The molecule has 0 unspecified atom stereocenters. The van der Waals surface area contributed by atoms with Crippen molar-refractivity contribution in [3.05, 3.63) is 64.4 Å². The Morgan fingerprint density at radius 2 is 1.81 bits per heavy atom. The molecule has 9 heteroatoms. The normalized spacial score (nSPS) is 13.4. The predicted octanol–water partition coefficient (Wildman–Crippen LogP) is 2.42. The van der Waals surface area contributed by atoms with E-state index in [0.717, 1.165) is 11.1 Å². The molecule has 1 heterocycles. The predicted molar refractivity (Wildman–Crippen MR) is 119 cm³/mol. The molecule has 1 aliphatic rings. The highest BCUT2D eigenvalue weighted by atomic mass is 16.5. The van der Waals surface area contributed by atoms with Crippen LogP contribution in [-0.4, -0.2) is 59.8 Å². The number of carbonyl (C=O) groups excluding carboxylic acids is 2. The molecule has 32 heavy (non-hydrogen) atoms. The van der Waals surface area contributed by atoms with Crippen molar-refractivity contribution in [1.29, 1.82) is 0 Å². The van der Waals surface area contributed by atoms with Gasteiger partial charge in [0.2, 0.25) is 0 Å². The lowest BCUT2D eigenvalue weighted by Gasteiger charge is -2.18. The molecule has 0 fully saturated rings. The van der Waals surface area contributed by atoms with E-state index in [-0.39, 0.29) is 42.2 Å². The molecule has 1 amide bonds. The number of rotatable bonds is 8. The molecule has 0 atom stereocenters. The maximum absolute atomic E-state index is 12.9. The van der Waals surface area contributed by atoms with E-state index >= 15 is 0 Å². The summed E-state index contributed by atoms with van der Waals surface area (Å²) in [5.41, 5.74) is 3.30. The number of para-hydroxylation sites is 1. The molecular formula is C23H25N3O6. The maximum Gasteiger partial charge on any atom is 0.337 e. The van der Waals surface area contributed by atoms with Gasteiger partial charge in [0, 0.05) is 12.2 Å². The number of esters is 1. The number of hydrogen-bond donors (Lipinski definition) is 4. The highest BCUT2D eigenvalue weighted by Crippen LogP contribution is 2.33. The van der Waals surface area contributed by atoms with E-state index in [9.17, 15) is 24.6 Å². The number of carbonyl (C=O) groups is 3. The number of β-amino-alcohol motifs (C(OH)–C–C–N with tert-alkyl or cyclic N) is 1.